The summed E-state index contributed by atoms with van der Waals surface area (Å²) in [6.07, 6.45) is 18.0. The van der Waals surface area contributed by atoms with Gasteiger partial charge in [-0.15, -0.1) is 0 Å². The third-order valence-corrected chi connectivity index (χ3v) is 7.19. The molecule has 1 heterocycles. The maximum Gasteiger partial charge on any atom is 0.106 e. The highest BCUT2D eigenvalue weighted by Gasteiger charge is 2.25. The summed E-state index contributed by atoms with van der Waals surface area (Å²) in [6.45, 7) is 6.02. The van der Waals surface area contributed by atoms with Gasteiger partial charge in [-0.2, -0.15) is 0 Å². The van der Waals surface area contributed by atoms with E-state index in [0.29, 0.717) is 12.7 Å². The molecule has 0 aromatic heterocycles. The highest BCUT2D eigenvalue weighted by atomic mass is 16.6. The zero-order chi connectivity index (χ0) is 20.3. The first-order valence-corrected chi connectivity index (χ1v) is 12.6. The second kappa shape index (κ2) is 12.7. The molecule has 1 saturated heterocycles. The highest BCUT2D eigenvalue weighted by molar-refractivity contribution is 5.27. The SMILES string of the molecule is CCCCCC[C@H]1CO[C@H](c2ccc(C3CCC(CCCCC)CC3)cc2)CO1. The van der Waals surface area contributed by atoms with Gasteiger partial charge in [0, 0.05) is 0 Å². The van der Waals surface area contributed by atoms with Gasteiger partial charge >= 0.3 is 0 Å². The number of hydrogen-bond donors (Lipinski definition) is 0. The van der Waals surface area contributed by atoms with Crippen molar-refractivity contribution in [3.63, 3.8) is 0 Å². The summed E-state index contributed by atoms with van der Waals surface area (Å²) in [5.74, 6) is 1.75. The molecule has 1 saturated carbocycles. The molecule has 0 bridgehead atoms. The molecule has 1 aliphatic heterocycles. The third kappa shape index (κ3) is 7.40. The number of hydrogen-bond acceptors (Lipinski definition) is 2. The fraction of sp³-hybridized carbons (Fsp3) is 0.778. The minimum absolute atomic E-state index is 0.116. The van der Waals surface area contributed by atoms with E-state index in [9.17, 15) is 0 Å². The van der Waals surface area contributed by atoms with E-state index in [1.54, 1.807) is 0 Å². The predicted molar refractivity (Wildman–Crippen MR) is 122 cm³/mol. The van der Waals surface area contributed by atoms with Gasteiger partial charge in [0.25, 0.3) is 0 Å². The minimum Gasteiger partial charge on any atom is -0.373 e. The van der Waals surface area contributed by atoms with Gasteiger partial charge in [0.15, 0.2) is 0 Å². The van der Waals surface area contributed by atoms with Crippen molar-refractivity contribution in [3.05, 3.63) is 35.4 Å². The summed E-state index contributed by atoms with van der Waals surface area (Å²) >= 11 is 0. The molecule has 0 unspecified atom stereocenters. The minimum atomic E-state index is 0.116. The normalized spacial score (nSPS) is 27.8. The van der Waals surface area contributed by atoms with Crippen molar-refractivity contribution >= 4 is 0 Å². The van der Waals surface area contributed by atoms with E-state index in [2.05, 4.69) is 38.1 Å². The Kier molecular flexibility index (Phi) is 10.0. The van der Waals surface area contributed by atoms with E-state index in [1.807, 2.05) is 0 Å². The molecule has 2 aliphatic rings. The monoisotopic (exact) mass is 400 g/mol. The molecule has 164 valence electrons. The Balaban J connectivity index is 1.38. The van der Waals surface area contributed by atoms with Crippen molar-refractivity contribution in [2.24, 2.45) is 5.92 Å². The van der Waals surface area contributed by atoms with Crippen LogP contribution in [0, 0.1) is 5.92 Å². The van der Waals surface area contributed by atoms with Crippen molar-refractivity contribution < 1.29 is 9.47 Å². The Morgan fingerprint density at radius 3 is 2.00 bits per heavy atom. The quantitative estimate of drug-likeness (QED) is 0.351. The van der Waals surface area contributed by atoms with E-state index >= 15 is 0 Å². The standard InChI is InChI=1S/C27H44O2/c1-3-5-7-9-11-26-20-29-27(21-28-26)25-18-16-24(17-19-25)23-14-12-22(13-15-23)10-8-6-4-2/h16-19,22-23,26-27H,3-15,20-21H2,1-2H3/t22?,23?,26-,27-/m0/s1. The zero-order valence-electron chi connectivity index (χ0n) is 19.0. The molecule has 1 aromatic carbocycles. The zero-order valence-corrected chi connectivity index (χ0v) is 19.0. The third-order valence-electron chi connectivity index (χ3n) is 7.19. The number of rotatable bonds is 11. The Labute approximate surface area is 179 Å². The predicted octanol–water partition coefficient (Wildman–Crippen LogP) is 7.97. The molecule has 2 nitrogen and oxygen atoms in total. The topological polar surface area (TPSA) is 18.5 Å². The van der Waals surface area contributed by atoms with Crippen molar-refractivity contribution in [3.8, 4) is 0 Å². The second-order valence-corrected chi connectivity index (χ2v) is 9.51. The van der Waals surface area contributed by atoms with Crippen LogP contribution in [0.15, 0.2) is 24.3 Å². The second-order valence-electron chi connectivity index (χ2n) is 9.51. The lowest BCUT2D eigenvalue weighted by molar-refractivity contribution is -0.137. The average molecular weight is 401 g/mol. The summed E-state index contributed by atoms with van der Waals surface area (Å²) in [5.41, 5.74) is 2.82. The summed E-state index contributed by atoms with van der Waals surface area (Å²) in [4.78, 5) is 0. The molecule has 0 spiro atoms. The van der Waals surface area contributed by atoms with Gasteiger partial charge in [-0.1, -0.05) is 89.5 Å². The molecule has 29 heavy (non-hydrogen) atoms. The number of unbranched alkanes of at least 4 members (excludes halogenated alkanes) is 5. The first-order chi connectivity index (χ1) is 14.3. The van der Waals surface area contributed by atoms with Crippen LogP contribution in [0.4, 0.5) is 0 Å². The van der Waals surface area contributed by atoms with Crippen molar-refractivity contribution in [1.29, 1.82) is 0 Å². The highest BCUT2D eigenvalue weighted by Crippen LogP contribution is 2.38. The molecule has 0 N–H and O–H groups in total. The first-order valence-electron chi connectivity index (χ1n) is 12.6. The van der Waals surface area contributed by atoms with Crippen LogP contribution in [-0.2, 0) is 9.47 Å². The van der Waals surface area contributed by atoms with E-state index in [4.69, 9.17) is 9.47 Å². The van der Waals surface area contributed by atoms with Crippen LogP contribution >= 0.6 is 0 Å². The Bertz CT molecular complexity index is 536. The average Bonchev–Trinajstić information content (AvgIpc) is 2.78. The van der Waals surface area contributed by atoms with Gasteiger partial charge < -0.3 is 9.47 Å². The fourth-order valence-electron chi connectivity index (χ4n) is 5.15. The van der Waals surface area contributed by atoms with Crippen LogP contribution in [-0.4, -0.2) is 19.3 Å². The van der Waals surface area contributed by atoms with Crippen molar-refractivity contribution in [2.75, 3.05) is 13.2 Å². The lowest BCUT2D eigenvalue weighted by Gasteiger charge is -2.31. The largest absolute Gasteiger partial charge is 0.373 e. The van der Waals surface area contributed by atoms with Gasteiger partial charge in [-0.25, -0.2) is 0 Å². The molecule has 1 aromatic rings. The lowest BCUT2D eigenvalue weighted by atomic mass is 9.77. The fourth-order valence-corrected chi connectivity index (χ4v) is 5.15. The van der Waals surface area contributed by atoms with Gasteiger partial charge in [-0.3, -0.25) is 0 Å². The summed E-state index contributed by atoms with van der Waals surface area (Å²) in [6, 6.07) is 9.30. The van der Waals surface area contributed by atoms with Crippen molar-refractivity contribution in [1.82, 2.24) is 0 Å². The molecule has 0 amide bonds. The Morgan fingerprint density at radius 2 is 1.34 bits per heavy atom. The van der Waals surface area contributed by atoms with Crippen LogP contribution in [0.3, 0.4) is 0 Å². The van der Waals surface area contributed by atoms with E-state index < -0.39 is 0 Å². The maximum atomic E-state index is 6.15. The van der Waals surface area contributed by atoms with Crippen LogP contribution in [0.5, 0.6) is 0 Å². The van der Waals surface area contributed by atoms with E-state index in [1.165, 1.54) is 88.2 Å². The van der Waals surface area contributed by atoms with E-state index in [-0.39, 0.29) is 6.10 Å². The van der Waals surface area contributed by atoms with Gasteiger partial charge in [0.05, 0.1) is 19.3 Å². The lowest BCUT2D eigenvalue weighted by Crippen LogP contribution is -2.31. The molecule has 2 heteroatoms. The summed E-state index contributed by atoms with van der Waals surface area (Å²) in [7, 11) is 0. The molecule has 3 rings (SSSR count). The molecular formula is C27H44O2. The Morgan fingerprint density at radius 1 is 0.690 bits per heavy atom. The van der Waals surface area contributed by atoms with Crippen LogP contribution in [0.1, 0.15) is 120 Å². The summed E-state index contributed by atoms with van der Waals surface area (Å²) < 4.78 is 12.3. The number of ether oxygens (including phenoxy) is 2. The molecular weight excluding hydrogens is 356 g/mol. The van der Waals surface area contributed by atoms with Crippen LogP contribution in [0.25, 0.3) is 0 Å². The Hall–Kier alpha value is -0.860. The van der Waals surface area contributed by atoms with Gasteiger partial charge in [0.1, 0.15) is 6.10 Å². The van der Waals surface area contributed by atoms with Crippen LogP contribution < -0.4 is 0 Å². The molecule has 2 atom stereocenters. The molecule has 2 fully saturated rings. The van der Waals surface area contributed by atoms with Gasteiger partial charge in [0.2, 0.25) is 0 Å². The molecule has 1 aliphatic carbocycles. The number of benzene rings is 1. The van der Waals surface area contributed by atoms with Gasteiger partial charge in [-0.05, 0) is 55.1 Å². The smallest absolute Gasteiger partial charge is 0.106 e. The summed E-state index contributed by atoms with van der Waals surface area (Å²) in [5, 5.41) is 0. The van der Waals surface area contributed by atoms with Crippen molar-refractivity contribution in [2.45, 2.75) is 115 Å². The van der Waals surface area contributed by atoms with E-state index in [0.717, 1.165) is 24.9 Å². The first kappa shape index (κ1) is 22.8. The molecule has 0 radical (unpaired) electrons. The van der Waals surface area contributed by atoms with Crippen LogP contribution in [0.2, 0.25) is 0 Å². The maximum absolute atomic E-state index is 6.15.